The molecule has 2 aliphatic carbocycles. The molecule has 0 N–H and O–H groups in total. The maximum absolute atomic E-state index is 3.89. The van der Waals surface area contributed by atoms with Crippen molar-refractivity contribution in [2.75, 3.05) is 0 Å². The van der Waals surface area contributed by atoms with Crippen LogP contribution in [0.4, 0.5) is 0 Å². The summed E-state index contributed by atoms with van der Waals surface area (Å²) in [6.45, 7) is 8.61. The van der Waals surface area contributed by atoms with E-state index in [9.17, 15) is 0 Å². The Hall–Kier alpha value is -0.260. The highest BCUT2D eigenvalue weighted by Gasteiger charge is 2.65. The molecule has 0 aromatic heterocycles. The topological polar surface area (TPSA) is 0 Å². The summed E-state index contributed by atoms with van der Waals surface area (Å²) >= 11 is 0. The minimum atomic E-state index is 0.775. The van der Waals surface area contributed by atoms with Gasteiger partial charge in [0.15, 0.2) is 0 Å². The molecule has 2 aliphatic rings. The second-order valence-corrected chi connectivity index (χ2v) is 5.10. The van der Waals surface area contributed by atoms with Gasteiger partial charge in [-0.1, -0.05) is 19.9 Å². The second kappa shape index (κ2) is 3.48. The Kier molecular flexibility index (Phi) is 2.49. The lowest BCUT2D eigenvalue weighted by molar-refractivity contribution is 0.358. The predicted octanol–water partition coefficient (Wildman–Crippen LogP) is 3.88. The van der Waals surface area contributed by atoms with Crippen LogP contribution in [0, 0.1) is 29.6 Å². The van der Waals surface area contributed by atoms with Crippen molar-refractivity contribution in [1.29, 1.82) is 0 Å². The smallest absolute Gasteiger partial charge is 0.0239 e. The van der Waals surface area contributed by atoms with E-state index in [0.29, 0.717) is 0 Å². The molecule has 0 radical (unpaired) electrons. The van der Waals surface area contributed by atoms with E-state index in [1.807, 2.05) is 0 Å². The van der Waals surface area contributed by atoms with Gasteiger partial charge in [0.05, 0.1) is 0 Å². The predicted molar refractivity (Wildman–Crippen MR) is 57.5 cm³/mol. The molecular weight excluding hydrogens is 156 g/mol. The highest BCUT2D eigenvalue weighted by Crippen LogP contribution is 2.71. The normalized spacial score (nSPS) is 39.1. The van der Waals surface area contributed by atoms with Crippen LogP contribution in [0.1, 0.15) is 39.5 Å². The summed E-state index contributed by atoms with van der Waals surface area (Å²) in [4.78, 5) is 0. The van der Waals surface area contributed by atoms with E-state index in [1.165, 1.54) is 31.1 Å². The molecule has 0 aliphatic heterocycles. The number of hydrogen-bond donors (Lipinski definition) is 0. The van der Waals surface area contributed by atoms with Crippen molar-refractivity contribution in [2.24, 2.45) is 29.6 Å². The summed E-state index contributed by atoms with van der Waals surface area (Å²) in [6.07, 6.45) is 7.78. The van der Waals surface area contributed by atoms with Gasteiger partial charge in [0.25, 0.3) is 0 Å². The molecule has 0 amide bonds. The molecule has 0 nitrogen and oxygen atoms in total. The number of rotatable bonds is 6. The summed E-state index contributed by atoms with van der Waals surface area (Å²) in [5, 5.41) is 0. The van der Waals surface area contributed by atoms with Crippen LogP contribution in [0.3, 0.4) is 0 Å². The first-order valence-electron chi connectivity index (χ1n) is 5.90. The van der Waals surface area contributed by atoms with Gasteiger partial charge in [-0.15, -0.1) is 6.58 Å². The molecule has 2 fully saturated rings. The quantitative estimate of drug-likeness (QED) is 0.541. The van der Waals surface area contributed by atoms with Crippen molar-refractivity contribution in [2.45, 2.75) is 39.5 Å². The standard InChI is InChI=1S/C13H22/c1-4-10(5-2)7-6-9(3)13-11-8-12(11)13/h4,9-13H,1,5-8H2,2-3H3. The monoisotopic (exact) mass is 178 g/mol. The Morgan fingerprint density at radius 1 is 1.38 bits per heavy atom. The highest BCUT2D eigenvalue weighted by atomic mass is 14.7. The lowest BCUT2D eigenvalue weighted by atomic mass is 9.89. The fourth-order valence-corrected chi connectivity index (χ4v) is 2.83. The van der Waals surface area contributed by atoms with Gasteiger partial charge in [-0.2, -0.15) is 0 Å². The zero-order chi connectivity index (χ0) is 9.42. The molecule has 0 heteroatoms. The van der Waals surface area contributed by atoms with E-state index < -0.39 is 0 Å². The third-order valence-corrected chi connectivity index (χ3v) is 4.25. The summed E-state index contributed by atoms with van der Waals surface area (Å²) in [7, 11) is 0. The van der Waals surface area contributed by atoms with Crippen molar-refractivity contribution in [3.63, 3.8) is 0 Å². The van der Waals surface area contributed by atoms with E-state index in [4.69, 9.17) is 0 Å². The third kappa shape index (κ3) is 1.82. The fraction of sp³-hybridized carbons (Fsp3) is 0.846. The summed E-state index contributed by atoms with van der Waals surface area (Å²) < 4.78 is 0. The maximum atomic E-state index is 3.89. The van der Waals surface area contributed by atoms with Crippen LogP contribution >= 0.6 is 0 Å². The number of hydrogen-bond acceptors (Lipinski definition) is 0. The molecule has 0 aromatic rings. The van der Waals surface area contributed by atoms with Crippen LogP contribution in [0.25, 0.3) is 0 Å². The first-order chi connectivity index (χ1) is 6.27. The summed E-state index contributed by atoms with van der Waals surface area (Å²) in [5.41, 5.74) is 0. The average Bonchev–Trinajstić information content (AvgIpc) is 2.93. The maximum Gasteiger partial charge on any atom is -0.0239 e. The average molecular weight is 178 g/mol. The Morgan fingerprint density at radius 2 is 2.08 bits per heavy atom. The molecule has 0 saturated heterocycles. The molecule has 0 heterocycles. The number of allylic oxidation sites excluding steroid dienone is 1. The molecular formula is C13H22. The zero-order valence-electron chi connectivity index (χ0n) is 9.00. The molecule has 4 atom stereocenters. The van der Waals surface area contributed by atoms with E-state index in [1.54, 1.807) is 6.42 Å². The van der Waals surface area contributed by atoms with Gasteiger partial charge < -0.3 is 0 Å². The molecule has 0 spiro atoms. The van der Waals surface area contributed by atoms with E-state index in [-0.39, 0.29) is 0 Å². The van der Waals surface area contributed by atoms with Crippen molar-refractivity contribution in [3.05, 3.63) is 12.7 Å². The minimum Gasteiger partial charge on any atom is -0.103 e. The van der Waals surface area contributed by atoms with Crippen LogP contribution in [0.2, 0.25) is 0 Å². The molecule has 4 unspecified atom stereocenters. The van der Waals surface area contributed by atoms with Crippen LogP contribution in [0.5, 0.6) is 0 Å². The molecule has 0 aromatic carbocycles. The van der Waals surface area contributed by atoms with Gasteiger partial charge >= 0.3 is 0 Å². The SMILES string of the molecule is C=CC(CC)CCC(C)C1C2CC21. The van der Waals surface area contributed by atoms with E-state index in [0.717, 1.165) is 17.8 Å². The Morgan fingerprint density at radius 3 is 2.46 bits per heavy atom. The van der Waals surface area contributed by atoms with Gasteiger partial charge in [0.2, 0.25) is 0 Å². The van der Waals surface area contributed by atoms with Crippen LogP contribution in [0.15, 0.2) is 12.7 Å². The van der Waals surface area contributed by atoms with E-state index in [2.05, 4.69) is 26.5 Å². The largest absolute Gasteiger partial charge is 0.103 e. The zero-order valence-corrected chi connectivity index (χ0v) is 9.00. The lowest BCUT2D eigenvalue weighted by Crippen LogP contribution is -2.06. The molecule has 74 valence electrons. The van der Waals surface area contributed by atoms with Crippen LogP contribution < -0.4 is 0 Å². The first-order valence-corrected chi connectivity index (χ1v) is 5.90. The van der Waals surface area contributed by atoms with Crippen LogP contribution in [-0.4, -0.2) is 0 Å². The van der Waals surface area contributed by atoms with Gasteiger partial charge in [-0.25, -0.2) is 0 Å². The first kappa shape index (κ1) is 9.30. The molecule has 2 rings (SSSR count). The summed E-state index contributed by atoms with van der Waals surface area (Å²) in [5.74, 6) is 5.27. The Balaban J connectivity index is 1.63. The molecule has 2 saturated carbocycles. The fourth-order valence-electron chi connectivity index (χ4n) is 2.83. The van der Waals surface area contributed by atoms with E-state index >= 15 is 0 Å². The van der Waals surface area contributed by atoms with Crippen molar-refractivity contribution in [1.82, 2.24) is 0 Å². The molecule has 13 heavy (non-hydrogen) atoms. The van der Waals surface area contributed by atoms with Crippen LogP contribution in [-0.2, 0) is 0 Å². The lowest BCUT2D eigenvalue weighted by Gasteiger charge is -2.16. The third-order valence-electron chi connectivity index (χ3n) is 4.25. The van der Waals surface area contributed by atoms with Gasteiger partial charge in [0.1, 0.15) is 0 Å². The van der Waals surface area contributed by atoms with Crippen molar-refractivity contribution >= 4 is 0 Å². The van der Waals surface area contributed by atoms with Gasteiger partial charge in [-0.05, 0) is 55.3 Å². The highest BCUT2D eigenvalue weighted by molar-refractivity contribution is 5.13. The number of fused-ring (bicyclic) bond motifs is 1. The van der Waals surface area contributed by atoms with Crippen molar-refractivity contribution in [3.8, 4) is 0 Å². The molecule has 0 bridgehead atoms. The van der Waals surface area contributed by atoms with Crippen molar-refractivity contribution < 1.29 is 0 Å². The Bertz CT molecular complexity index is 186. The van der Waals surface area contributed by atoms with Gasteiger partial charge in [0, 0.05) is 0 Å². The minimum absolute atomic E-state index is 0.775. The van der Waals surface area contributed by atoms with Gasteiger partial charge in [-0.3, -0.25) is 0 Å². The summed E-state index contributed by atoms with van der Waals surface area (Å²) in [6, 6.07) is 0. The second-order valence-electron chi connectivity index (χ2n) is 5.10. The Labute approximate surface area is 82.4 Å².